The van der Waals surface area contributed by atoms with Crippen LogP contribution < -0.4 is 5.32 Å². The standard InChI is InChI=1S/C12H10Br2ClN3O/c1-2-18-6-7(13)3-10(18)12(19)17-8-4-9(14)11(15)16-5-8/h3-6H,2H2,1H3,(H,17,19). The number of aryl methyl sites for hydroxylation is 1. The van der Waals surface area contributed by atoms with Crippen LogP contribution in [0.2, 0.25) is 5.15 Å². The minimum Gasteiger partial charge on any atom is -0.343 e. The van der Waals surface area contributed by atoms with Crippen LogP contribution in [0.15, 0.2) is 33.5 Å². The average Bonchev–Trinajstić information content (AvgIpc) is 2.75. The second-order valence-electron chi connectivity index (χ2n) is 3.78. The van der Waals surface area contributed by atoms with Crippen molar-refractivity contribution in [2.24, 2.45) is 0 Å². The summed E-state index contributed by atoms with van der Waals surface area (Å²) in [4.78, 5) is 16.1. The van der Waals surface area contributed by atoms with Crippen LogP contribution in [-0.2, 0) is 6.54 Å². The van der Waals surface area contributed by atoms with Crippen molar-refractivity contribution >= 4 is 55.1 Å². The molecule has 4 nitrogen and oxygen atoms in total. The van der Waals surface area contributed by atoms with Crippen LogP contribution in [0.3, 0.4) is 0 Å². The molecule has 0 atom stereocenters. The first-order valence-electron chi connectivity index (χ1n) is 5.49. The molecule has 0 unspecified atom stereocenters. The predicted molar refractivity (Wildman–Crippen MR) is 82.7 cm³/mol. The molecule has 0 fully saturated rings. The number of nitrogens with zero attached hydrogens (tertiary/aromatic N) is 2. The van der Waals surface area contributed by atoms with E-state index >= 15 is 0 Å². The van der Waals surface area contributed by atoms with E-state index in [2.05, 4.69) is 42.2 Å². The summed E-state index contributed by atoms with van der Waals surface area (Å²) in [6.07, 6.45) is 3.38. The molecular weight excluding hydrogens is 397 g/mol. The first kappa shape index (κ1) is 14.6. The largest absolute Gasteiger partial charge is 0.343 e. The van der Waals surface area contributed by atoms with Crippen molar-refractivity contribution in [1.29, 1.82) is 0 Å². The summed E-state index contributed by atoms with van der Waals surface area (Å²) in [5.41, 5.74) is 1.17. The van der Waals surface area contributed by atoms with E-state index in [0.717, 1.165) is 11.0 Å². The van der Waals surface area contributed by atoms with Gasteiger partial charge in [-0.1, -0.05) is 11.6 Å². The predicted octanol–water partition coefficient (Wildman–Crippen LogP) is 4.33. The number of carbonyl (C=O) groups excluding carboxylic acids is 1. The highest BCUT2D eigenvalue weighted by Gasteiger charge is 2.13. The first-order valence-corrected chi connectivity index (χ1v) is 7.45. The van der Waals surface area contributed by atoms with Gasteiger partial charge in [-0.15, -0.1) is 0 Å². The third kappa shape index (κ3) is 3.38. The third-order valence-electron chi connectivity index (χ3n) is 2.49. The van der Waals surface area contributed by atoms with E-state index in [9.17, 15) is 4.79 Å². The van der Waals surface area contributed by atoms with Gasteiger partial charge in [-0.3, -0.25) is 4.79 Å². The van der Waals surface area contributed by atoms with Gasteiger partial charge < -0.3 is 9.88 Å². The summed E-state index contributed by atoms with van der Waals surface area (Å²) in [5, 5.41) is 3.14. The lowest BCUT2D eigenvalue weighted by atomic mass is 10.3. The Morgan fingerprint density at radius 1 is 1.47 bits per heavy atom. The summed E-state index contributed by atoms with van der Waals surface area (Å²) in [5.74, 6) is -0.191. The summed E-state index contributed by atoms with van der Waals surface area (Å²) in [6, 6.07) is 3.48. The lowest BCUT2D eigenvalue weighted by Gasteiger charge is -2.08. The van der Waals surface area contributed by atoms with Crippen LogP contribution >= 0.6 is 43.5 Å². The topological polar surface area (TPSA) is 46.9 Å². The van der Waals surface area contributed by atoms with Crippen LogP contribution in [0.1, 0.15) is 17.4 Å². The average molecular weight is 407 g/mol. The smallest absolute Gasteiger partial charge is 0.272 e. The van der Waals surface area contributed by atoms with Gasteiger partial charge in [0.2, 0.25) is 0 Å². The Kier molecular flexibility index (Phi) is 4.65. The number of nitrogens with one attached hydrogen (secondary N) is 1. The van der Waals surface area contributed by atoms with Gasteiger partial charge in [0, 0.05) is 17.2 Å². The Balaban J connectivity index is 2.22. The fourth-order valence-electron chi connectivity index (χ4n) is 1.61. The molecule has 2 aromatic rings. The van der Waals surface area contributed by atoms with E-state index in [1.54, 1.807) is 12.1 Å². The van der Waals surface area contributed by atoms with Gasteiger partial charge in [0.05, 0.1) is 16.4 Å². The molecule has 100 valence electrons. The first-order chi connectivity index (χ1) is 9.01. The molecule has 0 aliphatic carbocycles. The molecule has 2 rings (SSSR count). The summed E-state index contributed by atoms with van der Waals surface area (Å²) in [6.45, 7) is 2.70. The second-order valence-corrected chi connectivity index (χ2v) is 5.91. The van der Waals surface area contributed by atoms with Crippen LogP contribution in [0.25, 0.3) is 0 Å². The van der Waals surface area contributed by atoms with Crippen molar-refractivity contribution in [2.75, 3.05) is 5.32 Å². The van der Waals surface area contributed by atoms with Crippen molar-refractivity contribution in [3.8, 4) is 0 Å². The molecule has 0 aromatic carbocycles. The van der Waals surface area contributed by atoms with Crippen molar-refractivity contribution < 1.29 is 4.79 Å². The number of carbonyl (C=O) groups is 1. The van der Waals surface area contributed by atoms with Gasteiger partial charge in [0.25, 0.3) is 5.91 Å². The Morgan fingerprint density at radius 3 is 2.84 bits per heavy atom. The zero-order valence-electron chi connectivity index (χ0n) is 9.95. The van der Waals surface area contributed by atoms with E-state index in [-0.39, 0.29) is 5.91 Å². The monoisotopic (exact) mass is 405 g/mol. The van der Waals surface area contributed by atoms with Crippen LogP contribution in [0.4, 0.5) is 5.69 Å². The maximum Gasteiger partial charge on any atom is 0.272 e. The minimum absolute atomic E-state index is 0.191. The summed E-state index contributed by atoms with van der Waals surface area (Å²) in [7, 11) is 0. The highest BCUT2D eigenvalue weighted by atomic mass is 79.9. The second kappa shape index (κ2) is 6.07. The summed E-state index contributed by atoms with van der Waals surface area (Å²) >= 11 is 12.4. The number of hydrogen-bond acceptors (Lipinski definition) is 2. The Bertz CT molecular complexity index is 627. The van der Waals surface area contributed by atoms with Gasteiger partial charge >= 0.3 is 0 Å². The number of amides is 1. The summed E-state index contributed by atoms with van der Waals surface area (Å²) < 4.78 is 3.37. The molecule has 2 aromatic heterocycles. The number of pyridine rings is 1. The van der Waals surface area contributed by atoms with E-state index in [1.165, 1.54) is 6.20 Å². The molecule has 0 saturated carbocycles. The number of halogens is 3. The van der Waals surface area contributed by atoms with Gasteiger partial charge in [0.15, 0.2) is 0 Å². The zero-order valence-corrected chi connectivity index (χ0v) is 13.9. The van der Waals surface area contributed by atoms with Crippen molar-refractivity contribution in [1.82, 2.24) is 9.55 Å². The number of aromatic nitrogens is 2. The minimum atomic E-state index is -0.191. The fourth-order valence-corrected chi connectivity index (χ4v) is 2.53. The molecule has 0 bridgehead atoms. The lowest BCUT2D eigenvalue weighted by Crippen LogP contribution is -2.16. The van der Waals surface area contributed by atoms with Gasteiger partial charge in [0.1, 0.15) is 10.8 Å². The molecular formula is C12H10Br2ClN3O. The maximum atomic E-state index is 12.2. The van der Waals surface area contributed by atoms with E-state index in [0.29, 0.717) is 21.0 Å². The van der Waals surface area contributed by atoms with Crippen molar-refractivity contribution in [2.45, 2.75) is 13.5 Å². The molecule has 2 heterocycles. The molecule has 0 spiro atoms. The van der Waals surface area contributed by atoms with E-state index in [1.807, 2.05) is 17.7 Å². The molecule has 0 aliphatic rings. The molecule has 0 aliphatic heterocycles. The lowest BCUT2D eigenvalue weighted by molar-refractivity contribution is 0.101. The van der Waals surface area contributed by atoms with Crippen molar-refractivity contribution in [3.63, 3.8) is 0 Å². The SMILES string of the molecule is CCn1cc(Br)cc1C(=O)Nc1cnc(Cl)c(Br)c1. The molecule has 0 radical (unpaired) electrons. The Labute approximate surface area is 132 Å². The van der Waals surface area contributed by atoms with Crippen LogP contribution in [0, 0.1) is 0 Å². The molecule has 1 N–H and O–H groups in total. The third-order valence-corrected chi connectivity index (χ3v) is 4.06. The number of hydrogen-bond donors (Lipinski definition) is 1. The fraction of sp³-hybridized carbons (Fsp3) is 0.167. The maximum absolute atomic E-state index is 12.2. The van der Waals surface area contributed by atoms with Crippen LogP contribution in [0.5, 0.6) is 0 Å². The van der Waals surface area contributed by atoms with Gasteiger partial charge in [-0.2, -0.15) is 0 Å². The Hall–Kier alpha value is -0.850. The Morgan fingerprint density at radius 2 is 2.21 bits per heavy atom. The molecule has 0 saturated heterocycles. The van der Waals surface area contributed by atoms with Gasteiger partial charge in [-0.05, 0) is 50.9 Å². The molecule has 1 amide bonds. The number of anilines is 1. The highest BCUT2D eigenvalue weighted by Crippen LogP contribution is 2.23. The highest BCUT2D eigenvalue weighted by molar-refractivity contribution is 9.10. The van der Waals surface area contributed by atoms with E-state index in [4.69, 9.17) is 11.6 Å². The molecule has 19 heavy (non-hydrogen) atoms. The van der Waals surface area contributed by atoms with Crippen molar-refractivity contribution in [3.05, 3.63) is 44.3 Å². The normalized spacial score (nSPS) is 10.5. The van der Waals surface area contributed by atoms with E-state index < -0.39 is 0 Å². The number of rotatable bonds is 3. The van der Waals surface area contributed by atoms with Gasteiger partial charge in [-0.25, -0.2) is 4.98 Å². The quantitative estimate of drug-likeness (QED) is 0.770. The van der Waals surface area contributed by atoms with Crippen LogP contribution in [-0.4, -0.2) is 15.5 Å². The molecule has 7 heteroatoms. The zero-order chi connectivity index (χ0) is 14.0.